The fourth-order valence-electron chi connectivity index (χ4n) is 2.45. The van der Waals surface area contributed by atoms with Crippen LogP contribution in [0.2, 0.25) is 0 Å². The normalized spacial score (nSPS) is 11.9. The number of fused-ring (bicyclic) bond motifs is 1. The van der Waals surface area contributed by atoms with Crippen molar-refractivity contribution in [3.05, 3.63) is 46.5 Å². The monoisotopic (exact) mass is 344 g/mol. The van der Waals surface area contributed by atoms with E-state index < -0.39 is 11.9 Å². The highest BCUT2D eigenvalue weighted by Crippen LogP contribution is 2.17. The number of aromatic nitrogens is 3. The summed E-state index contributed by atoms with van der Waals surface area (Å²) >= 11 is 1.35. The van der Waals surface area contributed by atoms with Crippen LogP contribution in [0.3, 0.4) is 0 Å². The van der Waals surface area contributed by atoms with Crippen LogP contribution in [0, 0.1) is 6.92 Å². The van der Waals surface area contributed by atoms with Gasteiger partial charge in [-0.1, -0.05) is 23.5 Å². The lowest BCUT2D eigenvalue weighted by atomic mass is 10.3. The van der Waals surface area contributed by atoms with Crippen LogP contribution in [0.25, 0.3) is 10.2 Å². The largest absolute Gasteiger partial charge is 0.468 e. The van der Waals surface area contributed by atoms with E-state index in [-0.39, 0.29) is 6.54 Å². The Hall–Kier alpha value is -2.74. The molecule has 0 atom stereocenters. The lowest BCUT2D eigenvalue weighted by molar-refractivity contribution is -0.141. The number of benzene rings is 1. The molecule has 0 aliphatic carbocycles. The summed E-state index contributed by atoms with van der Waals surface area (Å²) in [6.07, 6.45) is 1.62. The summed E-state index contributed by atoms with van der Waals surface area (Å²) in [4.78, 5) is 28.9. The van der Waals surface area contributed by atoms with Crippen molar-refractivity contribution in [3.63, 3.8) is 0 Å². The zero-order chi connectivity index (χ0) is 17.3. The van der Waals surface area contributed by atoms with Crippen molar-refractivity contribution in [2.45, 2.75) is 13.5 Å². The molecule has 0 unspecified atom stereocenters. The van der Waals surface area contributed by atoms with Gasteiger partial charge in [-0.05, 0) is 19.1 Å². The molecule has 0 spiro atoms. The van der Waals surface area contributed by atoms with E-state index in [9.17, 15) is 9.59 Å². The molecule has 0 fully saturated rings. The van der Waals surface area contributed by atoms with E-state index in [0.717, 1.165) is 15.8 Å². The minimum atomic E-state index is -0.399. The number of rotatable bonds is 3. The van der Waals surface area contributed by atoms with Gasteiger partial charge in [0.2, 0.25) is 0 Å². The molecule has 124 valence electrons. The van der Waals surface area contributed by atoms with Gasteiger partial charge in [-0.3, -0.25) is 14.3 Å². The Kier molecular flexibility index (Phi) is 4.30. The zero-order valence-corrected chi connectivity index (χ0v) is 14.3. The molecule has 0 N–H and O–H groups in total. The zero-order valence-electron chi connectivity index (χ0n) is 13.5. The van der Waals surface area contributed by atoms with Crippen molar-refractivity contribution in [1.82, 2.24) is 14.3 Å². The second-order valence-corrected chi connectivity index (χ2v) is 6.24. The van der Waals surface area contributed by atoms with Crippen molar-refractivity contribution in [3.8, 4) is 0 Å². The first kappa shape index (κ1) is 16.1. The molecule has 8 heteroatoms. The smallest absolute Gasteiger partial charge is 0.325 e. The lowest BCUT2D eigenvalue weighted by Crippen LogP contribution is -2.23. The summed E-state index contributed by atoms with van der Waals surface area (Å²) in [6, 6.07) is 7.58. The van der Waals surface area contributed by atoms with Gasteiger partial charge in [0.15, 0.2) is 4.80 Å². The molecule has 3 aromatic rings. The lowest BCUT2D eigenvalue weighted by Gasteiger charge is -2.03. The molecule has 0 aliphatic rings. The minimum Gasteiger partial charge on any atom is -0.468 e. The van der Waals surface area contributed by atoms with Crippen molar-refractivity contribution in [2.75, 3.05) is 7.11 Å². The van der Waals surface area contributed by atoms with E-state index in [2.05, 4.69) is 10.1 Å². The predicted octanol–water partition coefficient (Wildman–Crippen LogP) is 1.66. The van der Waals surface area contributed by atoms with E-state index >= 15 is 0 Å². The highest BCUT2D eigenvalue weighted by atomic mass is 32.1. The summed E-state index contributed by atoms with van der Waals surface area (Å²) in [5, 5.41) is 4.06. The van der Waals surface area contributed by atoms with Crippen molar-refractivity contribution in [2.24, 2.45) is 12.0 Å². The van der Waals surface area contributed by atoms with Gasteiger partial charge in [0.05, 0.1) is 23.5 Å². The maximum absolute atomic E-state index is 12.6. The third-order valence-corrected chi connectivity index (χ3v) is 4.68. The van der Waals surface area contributed by atoms with Gasteiger partial charge < -0.3 is 9.30 Å². The summed E-state index contributed by atoms with van der Waals surface area (Å²) in [6.45, 7) is 1.81. The molecule has 0 saturated heterocycles. The van der Waals surface area contributed by atoms with Crippen molar-refractivity contribution < 1.29 is 14.3 Å². The minimum absolute atomic E-state index is 0.00298. The Bertz CT molecular complexity index is 977. The standard InChI is InChI=1S/C16H16N4O3S/c1-10-8-17-19(2)14(10)15(22)18-16-20(9-13(21)23-3)11-6-4-5-7-12(11)24-16/h4-8H,9H2,1-3H3. The van der Waals surface area contributed by atoms with E-state index in [0.29, 0.717) is 10.5 Å². The molecule has 7 nitrogen and oxygen atoms in total. The topological polar surface area (TPSA) is 78.5 Å². The third-order valence-electron chi connectivity index (χ3n) is 3.62. The first-order valence-electron chi connectivity index (χ1n) is 7.24. The van der Waals surface area contributed by atoms with Gasteiger partial charge in [0, 0.05) is 12.6 Å². The molecule has 0 bridgehead atoms. The Morgan fingerprint density at radius 3 is 2.75 bits per heavy atom. The Morgan fingerprint density at radius 2 is 2.08 bits per heavy atom. The molecule has 3 rings (SSSR count). The Morgan fingerprint density at radius 1 is 1.33 bits per heavy atom. The van der Waals surface area contributed by atoms with Gasteiger partial charge in [-0.25, -0.2) is 0 Å². The van der Waals surface area contributed by atoms with Gasteiger partial charge in [0.1, 0.15) is 12.2 Å². The van der Waals surface area contributed by atoms with Crippen LogP contribution in [0.15, 0.2) is 35.5 Å². The van der Waals surface area contributed by atoms with Crippen LogP contribution in [0.5, 0.6) is 0 Å². The number of hydrogen-bond acceptors (Lipinski definition) is 5. The number of methoxy groups -OCH3 is 1. The Labute approximate surface area is 141 Å². The van der Waals surface area contributed by atoms with Crippen LogP contribution >= 0.6 is 11.3 Å². The Balaban J connectivity index is 2.16. The number of carbonyl (C=O) groups excluding carboxylic acids is 2. The molecule has 0 aliphatic heterocycles. The average molecular weight is 344 g/mol. The summed E-state index contributed by atoms with van der Waals surface area (Å²) in [7, 11) is 3.03. The van der Waals surface area contributed by atoms with Gasteiger partial charge in [0.25, 0.3) is 5.91 Å². The molecule has 0 radical (unpaired) electrons. The second kappa shape index (κ2) is 6.40. The number of ether oxygens (including phenoxy) is 1. The maximum Gasteiger partial charge on any atom is 0.325 e. The molecular weight excluding hydrogens is 328 g/mol. The van der Waals surface area contributed by atoms with Gasteiger partial charge in [-0.2, -0.15) is 10.1 Å². The number of esters is 1. The van der Waals surface area contributed by atoms with Crippen LogP contribution in [0.4, 0.5) is 0 Å². The quantitative estimate of drug-likeness (QED) is 0.677. The SMILES string of the molecule is COC(=O)Cn1c(=NC(=O)c2c(C)cnn2C)sc2ccccc21. The first-order valence-corrected chi connectivity index (χ1v) is 8.05. The van der Waals surface area contributed by atoms with Gasteiger partial charge >= 0.3 is 5.97 Å². The maximum atomic E-state index is 12.6. The molecule has 1 aromatic carbocycles. The van der Waals surface area contributed by atoms with Crippen molar-refractivity contribution >= 4 is 33.4 Å². The van der Waals surface area contributed by atoms with Gasteiger partial charge in [-0.15, -0.1) is 0 Å². The molecule has 1 amide bonds. The molecule has 0 saturated carbocycles. The fraction of sp³-hybridized carbons (Fsp3) is 0.250. The van der Waals surface area contributed by atoms with E-state index in [1.165, 1.54) is 23.1 Å². The van der Waals surface area contributed by atoms with Crippen LogP contribution in [-0.4, -0.2) is 33.3 Å². The number of carbonyl (C=O) groups is 2. The number of thiazole rings is 1. The predicted molar refractivity (Wildman–Crippen MR) is 89.7 cm³/mol. The average Bonchev–Trinajstić information content (AvgIpc) is 3.07. The molecule has 24 heavy (non-hydrogen) atoms. The van der Waals surface area contributed by atoms with E-state index in [1.54, 1.807) is 17.8 Å². The highest BCUT2D eigenvalue weighted by Gasteiger charge is 2.15. The summed E-state index contributed by atoms with van der Waals surface area (Å²) in [5.74, 6) is -0.790. The molecule has 2 aromatic heterocycles. The molecule has 2 heterocycles. The van der Waals surface area contributed by atoms with Crippen LogP contribution < -0.4 is 4.80 Å². The number of hydrogen-bond donors (Lipinski definition) is 0. The fourth-order valence-corrected chi connectivity index (χ4v) is 3.47. The number of aryl methyl sites for hydroxylation is 2. The highest BCUT2D eigenvalue weighted by molar-refractivity contribution is 7.16. The number of nitrogens with zero attached hydrogens (tertiary/aromatic N) is 4. The number of para-hydroxylation sites is 1. The van der Waals surface area contributed by atoms with Crippen LogP contribution in [-0.2, 0) is 23.1 Å². The third kappa shape index (κ3) is 2.88. The second-order valence-electron chi connectivity index (χ2n) is 5.23. The first-order chi connectivity index (χ1) is 11.5. The number of amides is 1. The summed E-state index contributed by atoms with van der Waals surface area (Å²) < 4.78 is 8.88. The van der Waals surface area contributed by atoms with E-state index in [4.69, 9.17) is 4.74 Å². The summed E-state index contributed by atoms with van der Waals surface area (Å²) in [5.41, 5.74) is 2.02. The van der Waals surface area contributed by atoms with Crippen molar-refractivity contribution in [1.29, 1.82) is 0 Å². The van der Waals surface area contributed by atoms with E-state index in [1.807, 2.05) is 31.2 Å². The molecular formula is C16H16N4O3S. The van der Waals surface area contributed by atoms with Crippen LogP contribution in [0.1, 0.15) is 16.1 Å².